The van der Waals surface area contributed by atoms with E-state index in [-0.39, 0.29) is 11.3 Å². The molecular formula is C14H14F3NO. The van der Waals surface area contributed by atoms with Crippen LogP contribution in [0, 0.1) is 6.92 Å². The van der Waals surface area contributed by atoms with Gasteiger partial charge in [0.25, 0.3) is 0 Å². The molecule has 19 heavy (non-hydrogen) atoms. The van der Waals surface area contributed by atoms with Crippen molar-refractivity contribution in [3.8, 4) is 5.75 Å². The summed E-state index contributed by atoms with van der Waals surface area (Å²) in [4.78, 5) is 3.53. The maximum Gasteiger partial charge on any atom is 0.416 e. The van der Waals surface area contributed by atoms with Gasteiger partial charge < -0.3 is 4.74 Å². The molecule has 0 heterocycles. The molecule has 102 valence electrons. The molecule has 1 aromatic carbocycles. The largest absolute Gasteiger partial charge is 0.456 e. The van der Waals surface area contributed by atoms with E-state index in [1.165, 1.54) is 25.3 Å². The third-order valence-electron chi connectivity index (χ3n) is 2.30. The summed E-state index contributed by atoms with van der Waals surface area (Å²) < 4.78 is 43.6. The lowest BCUT2D eigenvalue weighted by molar-refractivity contribution is -0.138. The highest BCUT2D eigenvalue weighted by molar-refractivity contribution is 5.38. The highest BCUT2D eigenvalue weighted by atomic mass is 19.4. The molecule has 0 bridgehead atoms. The Balaban J connectivity index is 3.09. The van der Waals surface area contributed by atoms with Gasteiger partial charge in [0.05, 0.1) is 11.8 Å². The van der Waals surface area contributed by atoms with Crippen molar-refractivity contribution < 1.29 is 17.9 Å². The number of nitrogens with zero attached hydrogens (tertiary/aromatic N) is 1. The average Bonchev–Trinajstić information content (AvgIpc) is 2.31. The summed E-state index contributed by atoms with van der Waals surface area (Å²) in [6.07, 6.45) is 0.204. The molecule has 0 amide bonds. The van der Waals surface area contributed by atoms with Crippen LogP contribution < -0.4 is 4.74 Å². The highest BCUT2D eigenvalue weighted by Gasteiger charge is 2.32. The Bertz CT molecular complexity index is 516. The molecule has 5 heteroatoms. The molecule has 0 aliphatic heterocycles. The molecule has 1 aromatic rings. The van der Waals surface area contributed by atoms with Crippen LogP contribution in [0.2, 0.25) is 0 Å². The molecule has 0 unspecified atom stereocenters. The van der Waals surface area contributed by atoms with Crippen molar-refractivity contribution in [1.82, 2.24) is 0 Å². The smallest absolute Gasteiger partial charge is 0.416 e. The number of halogens is 3. The average molecular weight is 269 g/mol. The van der Waals surface area contributed by atoms with E-state index in [9.17, 15) is 13.2 Å². The molecule has 2 nitrogen and oxygen atoms in total. The molecule has 0 spiro atoms. The lowest BCUT2D eigenvalue weighted by Gasteiger charge is -2.12. The Morgan fingerprint density at radius 1 is 1.37 bits per heavy atom. The van der Waals surface area contributed by atoms with Crippen molar-refractivity contribution in [2.45, 2.75) is 20.0 Å². The second-order valence-corrected chi connectivity index (χ2v) is 3.79. The van der Waals surface area contributed by atoms with Gasteiger partial charge in [0, 0.05) is 0 Å². The second kappa shape index (κ2) is 6.22. The lowest BCUT2D eigenvalue weighted by Crippen LogP contribution is -2.07. The van der Waals surface area contributed by atoms with Crippen LogP contribution in [-0.2, 0) is 6.18 Å². The van der Waals surface area contributed by atoms with Gasteiger partial charge in [0.2, 0.25) is 0 Å². The Labute approximate surface area is 109 Å². The third-order valence-corrected chi connectivity index (χ3v) is 2.30. The van der Waals surface area contributed by atoms with Crippen LogP contribution in [0.3, 0.4) is 0 Å². The van der Waals surface area contributed by atoms with E-state index in [0.29, 0.717) is 5.76 Å². The first-order valence-corrected chi connectivity index (χ1v) is 5.53. The maximum absolute atomic E-state index is 12.7. The van der Waals surface area contributed by atoms with E-state index in [1.54, 1.807) is 19.1 Å². The first-order valence-electron chi connectivity index (χ1n) is 5.53. The fourth-order valence-electron chi connectivity index (χ4n) is 1.46. The van der Waals surface area contributed by atoms with Gasteiger partial charge >= 0.3 is 6.18 Å². The van der Waals surface area contributed by atoms with Gasteiger partial charge in [-0.25, -0.2) is 0 Å². The van der Waals surface area contributed by atoms with E-state index in [2.05, 4.69) is 11.7 Å². The van der Waals surface area contributed by atoms with E-state index < -0.39 is 11.7 Å². The van der Waals surface area contributed by atoms with Gasteiger partial charge in [-0.1, -0.05) is 12.1 Å². The molecular weight excluding hydrogens is 255 g/mol. The predicted molar refractivity (Wildman–Crippen MR) is 69.3 cm³/mol. The zero-order valence-corrected chi connectivity index (χ0v) is 10.7. The summed E-state index contributed by atoms with van der Waals surface area (Å²) in [5.74, 6) is 0.417. The Morgan fingerprint density at radius 3 is 2.58 bits per heavy atom. The first kappa shape index (κ1) is 15.0. The van der Waals surface area contributed by atoms with Gasteiger partial charge in [-0.3, -0.25) is 4.99 Å². The Kier molecular flexibility index (Phi) is 4.92. The number of benzene rings is 1. The molecule has 0 aliphatic carbocycles. The molecule has 0 saturated carbocycles. The molecule has 0 N–H and O–H groups in total. The van der Waals surface area contributed by atoms with E-state index in [0.717, 1.165) is 6.07 Å². The van der Waals surface area contributed by atoms with Gasteiger partial charge in [0.15, 0.2) is 0 Å². The van der Waals surface area contributed by atoms with E-state index in [1.807, 2.05) is 0 Å². The molecule has 0 saturated heterocycles. The molecule has 0 aromatic heterocycles. The number of rotatable bonds is 4. The van der Waals surface area contributed by atoms with Crippen LogP contribution in [-0.4, -0.2) is 6.72 Å². The van der Waals surface area contributed by atoms with Crippen molar-refractivity contribution in [2.24, 2.45) is 4.99 Å². The van der Waals surface area contributed by atoms with Crippen LogP contribution in [0.25, 0.3) is 0 Å². The third kappa shape index (κ3) is 4.28. The number of alkyl halides is 3. The minimum atomic E-state index is -4.40. The maximum atomic E-state index is 12.7. The number of allylic oxidation sites excluding steroid dienone is 2. The highest BCUT2D eigenvalue weighted by Crippen LogP contribution is 2.34. The van der Waals surface area contributed by atoms with Crippen molar-refractivity contribution >= 4 is 6.72 Å². The summed E-state index contributed by atoms with van der Waals surface area (Å²) in [6, 6.07) is 3.81. The standard InChI is InChI=1S/C14H14F3NO/c1-4-5-12(9-18-3)19-11-7-6-10(2)13(8-11)14(15,16)17/h4-9H,3H2,1-2H3/b5-4-,12-9+. The minimum absolute atomic E-state index is 0.103. The van der Waals surface area contributed by atoms with Crippen molar-refractivity contribution in [3.05, 3.63) is 53.4 Å². The van der Waals surface area contributed by atoms with Crippen LogP contribution in [0.4, 0.5) is 13.2 Å². The summed E-state index contributed by atoms with van der Waals surface area (Å²) in [6.45, 7) is 6.44. The van der Waals surface area contributed by atoms with Gasteiger partial charge in [-0.15, -0.1) is 0 Å². The molecule has 0 atom stereocenters. The van der Waals surface area contributed by atoms with Crippen molar-refractivity contribution in [1.29, 1.82) is 0 Å². The fraction of sp³-hybridized carbons (Fsp3) is 0.214. The van der Waals surface area contributed by atoms with E-state index >= 15 is 0 Å². The Morgan fingerprint density at radius 2 is 2.05 bits per heavy atom. The molecule has 1 rings (SSSR count). The van der Waals surface area contributed by atoms with Crippen LogP contribution in [0.15, 0.2) is 47.3 Å². The monoisotopic (exact) mass is 269 g/mol. The Hall–Kier alpha value is -2.04. The van der Waals surface area contributed by atoms with Crippen LogP contribution >= 0.6 is 0 Å². The van der Waals surface area contributed by atoms with Crippen molar-refractivity contribution in [3.63, 3.8) is 0 Å². The zero-order chi connectivity index (χ0) is 14.5. The normalized spacial score (nSPS) is 12.8. The number of aryl methyl sites for hydroxylation is 1. The van der Waals surface area contributed by atoms with Gasteiger partial charge in [-0.05, 0) is 44.3 Å². The predicted octanol–water partition coefficient (Wildman–Crippen LogP) is 4.51. The van der Waals surface area contributed by atoms with Crippen LogP contribution in [0.5, 0.6) is 5.75 Å². The summed E-state index contributed by atoms with van der Waals surface area (Å²) in [5, 5.41) is 0. The SMILES string of the molecule is C=N/C=C(\C=C/C)Oc1ccc(C)c(C(F)(F)F)c1. The topological polar surface area (TPSA) is 21.6 Å². The van der Waals surface area contributed by atoms with E-state index in [4.69, 9.17) is 4.74 Å². The molecule has 0 radical (unpaired) electrons. The number of hydrogen-bond acceptors (Lipinski definition) is 2. The first-order chi connectivity index (χ1) is 8.88. The summed E-state index contributed by atoms with van der Waals surface area (Å²) >= 11 is 0. The van der Waals surface area contributed by atoms with Crippen molar-refractivity contribution in [2.75, 3.05) is 0 Å². The molecule has 0 aliphatic rings. The van der Waals surface area contributed by atoms with Crippen LogP contribution in [0.1, 0.15) is 18.1 Å². The second-order valence-electron chi connectivity index (χ2n) is 3.79. The lowest BCUT2D eigenvalue weighted by atomic mass is 10.1. The fourth-order valence-corrected chi connectivity index (χ4v) is 1.46. The number of ether oxygens (including phenoxy) is 1. The van der Waals surface area contributed by atoms with Gasteiger partial charge in [-0.2, -0.15) is 13.2 Å². The summed E-state index contributed by atoms with van der Waals surface area (Å²) in [7, 11) is 0. The number of aliphatic imine (C=N–C) groups is 1. The number of hydrogen-bond donors (Lipinski definition) is 0. The zero-order valence-electron chi connectivity index (χ0n) is 10.7. The quantitative estimate of drug-likeness (QED) is 0.447. The minimum Gasteiger partial charge on any atom is -0.456 e. The van der Waals surface area contributed by atoms with Gasteiger partial charge in [0.1, 0.15) is 11.5 Å². The molecule has 0 fully saturated rings. The summed E-state index contributed by atoms with van der Waals surface area (Å²) in [5.41, 5.74) is -0.561.